The smallest absolute Gasteiger partial charge is 0.0926 e. The molecule has 0 saturated carbocycles. The van der Waals surface area contributed by atoms with E-state index in [0.717, 1.165) is 5.52 Å². The van der Waals surface area contributed by atoms with E-state index < -0.39 is 0 Å². The molecule has 0 fully saturated rings. The minimum absolute atomic E-state index is 0.511. The first-order valence-electron chi connectivity index (χ1n) is 6.97. The summed E-state index contributed by atoms with van der Waals surface area (Å²) in [5, 5.41) is 5.86. The van der Waals surface area contributed by atoms with Crippen LogP contribution in [0.3, 0.4) is 0 Å². The fraction of sp³-hybridized carbons (Fsp3) is 0.562. The normalized spacial score (nSPS) is 10.9. The summed E-state index contributed by atoms with van der Waals surface area (Å²) in [6.45, 7) is 12.9. The van der Waals surface area contributed by atoms with Crippen molar-refractivity contribution in [2.45, 2.75) is 53.4 Å². The summed E-state index contributed by atoms with van der Waals surface area (Å²) in [6.07, 6.45) is 0. The van der Waals surface area contributed by atoms with Crippen LogP contribution in [0.25, 0.3) is 10.9 Å². The van der Waals surface area contributed by atoms with Gasteiger partial charge in [-0.05, 0) is 29.5 Å². The lowest BCUT2D eigenvalue weighted by atomic mass is 9.98. The molecule has 1 aromatic heterocycles. The lowest BCUT2D eigenvalue weighted by molar-refractivity contribution is 0.677. The van der Waals surface area contributed by atoms with Gasteiger partial charge in [0.2, 0.25) is 0 Å². The largest absolute Gasteiger partial charge is 0.271 e. The molecule has 18 heavy (non-hydrogen) atoms. The number of aryl methyl sites for hydroxylation is 1. The maximum Gasteiger partial charge on any atom is 0.0926 e. The Hall–Kier alpha value is -1.31. The van der Waals surface area contributed by atoms with Crippen molar-refractivity contribution in [3.8, 4) is 0 Å². The minimum atomic E-state index is 0.511. The predicted molar refractivity (Wildman–Crippen MR) is 80.2 cm³/mol. The molecule has 0 radical (unpaired) electrons. The molecule has 0 aliphatic rings. The molecule has 0 saturated heterocycles. The monoisotopic (exact) mass is 246 g/mol. The molecule has 0 N–H and O–H groups in total. The molecule has 1 heterocycles. The molecule has 2 aromatic rings. The summed E-state index contributed by atoms with van der Waals surface area (Å²) in [5.41, 5.74) is 3.83. The van der Waals surface area contributed by atoms with Crippen LogP contribution in [0.4, 0.5) is 0 Å². The van der Waals surface area contributed by atoms with Crippen LogP contribution in [0.15, 0.2) is 18.2 Å². The number of benzene rings is 1. The Labute approximate surface area is 111 Å². The third kappa shape index (κ3) is 2.74. The Bertz CT molecular complexity index is 507. The molecule has 0 bridgehead atoms. The third-order valence-corrected chi connectivity index (χ3v) is 3.12. The number of fused-ring (bicyclic) bond motifs is 1. The minimum Gasteiger partial charge on any atom is -0.271 e. The molecule has 2 heteroatoms. The number of nitrogens with zero attached hydrogens (tertiary/aromatic N) is 2. The maximum absolute atomic E-state index is 4.55. The van der Waals surface area contributed by atoms with Crippen LogP contribution in [-0.4, -0.2) is 9.78 Å². The van der Waals surface area contributed by atoms with Crippen molar-refractivity contribution in [1.82, 2.24) is 9.78 Å². The highest BCUT2D eigenvalue weighted by atomic mass is 15.3. The van der Waals surface area contributed by atoms with Crippen molar-refractivity contribution >= 4 is 10.9 Å². The van der Waals surface area contributed by atoms with Crippen molar-refractivity contribution in [2.24, 2.45) is 7.05 Å². The zero-order chi connectivity index (χ0) is 13.9. The van der Waals surface area contributed by atoms with E-state index in [1.54, 1.807) is 0 Å². The standard InChI is InChI=1S/C14H20N2.C2H6/c1-9(2)11-6-7-13-12(8-11)14(10(3)4)16(5)15-13;1-2/h6-10H,1-5H3;1-2H3. The van der Waals surface area contributed by atoms with Crippen molar-refractivity contribution in [3.63, 3.8) is 0 Å². The first-order chi connectivity index (χ1) is 8.50. The van der Waals surface area contributed by atoms with Crippen LogP contribution < -0.4 is 0 Å². The SMILES string of the molecule is CC.CC(C)c1ccc2nn(C)c(C(C)C)c2c1. The second-order valence-corrected chi connectivity index (χ2v) is 5.09. The van der Waals surface area contributed by atoms with E-state index >= 15 is 0 Å². The van der Waals surface area contributed by atoms with E-state index in [9.17, 15) is 0 Å². The molecule has 0 spiro atoms. The molecule has 0 amide bonds. The van der Waals surface area contributed by atoms with Gasteiger partial charge >= 0.3 is 0 Å². The summed E-state index contributed by atoms with van der Waals surface area (Å²) in [4.78, 5) is 0. The van der Waals surface area contributed by atoms with Crippen LogP contribution >= 0.6 is 0 Å². The first-order valence-corrected chi connectivity index (χ1v) is 6.97. The highest BCUT2D eigenvalue weighted by Gasteiger charge is 2.13. The molecule has 100 valence electrons. The van der Waals surface area contributed by atoms with Gasteiger partial charge in [-0.15, -0.1) is 0 Å². The Kier molecular flexibility index (Phi) is 4.94. The van der Waals surface area contributed by atoms with Gasteiger partial charge in [0.25, 0.3) is 0 Å². The van der Waals surface area contributed by atoms with E-state index in [4.69, 9.17) is 0 Å². The Morgan fingerprint density at radius 2 is 1.61 bits per heavy atom. The van der Waals surface area contributed by atoms with Crippen molar-refractivity contribution < 1.29 is 0 Å². The fourth-order valence-corrected chi connectivity index (χ4v) is 2.28. The highest BCUT2D eigenvalue weighted by molar-refractivity contribution is 5.83. The average molecular weight is 246 g/mol. The predicted octanol–water partition coefficient (Wildman–Crippen LogP) is 4.85. The lowest BCUT2D eigenvalue weighted by Gasteiger charge is -2.08. The molecule has 0 aliphatic carbocycles. The fourth-order valence-electron chi connectivity index (χ4n) is 2.28. The second-order valence-electron chi connectivity index (χ2n) is 5.09. The first kappa shape index (κ1) is 14.7. The molecule has 2 nitrogen and oxygen atoms in total. The topological polar surface area (TPSA) is 17.8 Å². The zero-order valence-electron chi connectivity index (χ0n) is 12.8. The van der Waals surface area contributed by atoms with Gasteiger partial charge < -0.3 is 0 Å². The second kappa shape index (κ2) is 6.03. The Morgan fingerprint density at radius 3 is 2.11 bits per heavy atom. The van der Waals surface area contributed by atoms with E-state index in [1.807, 2.05) is 25.6 Å². The quantitative estimate of drug-likeness (QED) is 0.741. The van der Waals surface area contributed by atoms with Gasteiger partial charge in [-0.3, -0.25) is 4.68 Å². The zero-order valence-corrected chi connectivity index (χ0v) is 12.8. The van der Waals surface area contributed by atoms with E-state index in [0.29, 0.717) is 11.8 Å². The number of hydrogen-bond donors (Lipinski definition) is 0. The van der Waals surface area contributed by atoms with Crippen LogP contribution in [0, 0.1) is 0 Å². The van der Waals surface area contributed by atoms with Crippen molar-refractivity contribution in [1.29, 1.82) is 0 Å². The van der Waals surface area contributed by atoms with Gasteiger partial charge in [0.05, 0.1) is 5.52 Å². The highest BCUT2D eigenvalue weighted by Crippen LogP contribution is 2.27. The van der Waals surface area contributed by atoms with Gasteiger partial charge in [-0.25, -0.2) is 0 Å². The van der Waals surface area contributed by atoms with Crippen LogP contribution in [-0.2, 0) is 7.05 Å². The molecular formula is C16H26N2. The lowest BCUT2D eigenvalue weighted by Crippen LogP contribution is -1.99. The summed E-state index contributed by atoms with van der Waals surface area (Å²) in [5.74, 6) is 1.09. The van der Waals surface area contributed by atoms with Gasteiger partial charge in [0.15, 0.2) is 0 Å². The molecular weight excluding hydrogens is 220 g/mol. The van der Waals surface area contributed by atoms with Gasteiger partial charge in [0.1, 0.15) is 0 Å². The molecule has 1 aromatic carbocycles. The van der Waals surface area contributed by atoms with Crippen molar-refractivity contribution in [2.75, 3.05) is 0 Å². The summed E-state index contributed by atoms with van der Waals surface area (Å²) >= 11 is 0. The van der Waals surface area contributed by atoms with E-state index in [2.05, 4.69) is 51.0 Å². The maximum atomic E-state index is 4.55. The molecule has 2 rings (SSSR count). The van der Waals surface area contributed by atoms with Gasteiger partial charge in [-0.1, -0.05) is 47.6 Å². The van der Waals surface area contributed by atoms with E-state index in [-0.39, 0.29) is 0 Å². The average Bonchev–Trinajstić information content (AvgIpc) is 2.66. The molecule has 0 unspecified atom stereocenters. The van der Waals surface area contributed by atoms with Gasteiger partial charge in [0, 0.05) is 18.1 Å². The Morgan fingerprint density at radius 1 is 1.00 bits per heavy atom. The number of hydrogen-bond acceptors (Lipinski definition) is 1. The molecule has 0 aliphatic heterocycles. The summed E-state index contributed by atoms with van der Waals surface area (Å²) in [6, 6.07) is 6.61. The number of aromatic nitrogens is 2. The third-order valence-electron chi connectivity index (χ3n) is 3.12. The van der Waals surface area contributed by atoms with E-state index in [1.165, 1.54) is 16.6 Å². The summed E-state index contributed by atoms with van der Waals surface area (Å²) in [7, 11) is 2.03. The molecule has 0 atom stereocenters. The number of rotatable bonds is 2. The van der Waals surface area contributed by atoms with Crippen LogP contribution in [0.1, 0.15) is 64.6 Å². The van der Waals surface area contributed by atoms with Gasteiger partial charge in [-0.2, -0.15) is 5.10 Å². The van der Waals surface area contributed by atoms with Crippen LogP contribution in [0.5, 0.6) is 0 Å². The summed E-state index contributed by atoms with van der Waals surface area (Å²) < 4.78 is 2.01. The Balaban J connectivity index is 0.000000771. The van der Waals surface area contributed by atoms with Crippen molar-refractivity contribution in [3.05, 3.63) is 29.5 Å². The van der Waals surface area contributed by atoms with Crippen LogP contribution in [0.2, 0.25) is 0 Å².